The Bertz CT molecular complexity index is 683. The van der Waals surface area contributed by atoms with Crippen molar-refractivity contribution in [3.05, 3.63) is 54.1 Å². The third-order valence-electron chi connectivity index (χ3n) is 3.26. The first-order valence-electron chi connectivity index (χ1n) is 6.29. The molecule has 108 valence electrons. The van der Waals surface area contributed by atoms with E-state index in [1.807, 2.05) is 18.2 Å². The first-order chi connectivity index (χ1) is 9.95. The lowest BCUT2D eigenvalue weighted by Gasteiger charge is -2.31. The van der Waals surface area contributed by atoms with Crippen LogP contribution < -0.4 is 10.2 Å². The number of fused-ring (bicyclic) bond motifs is 1. The van der Waals surface area contributed by atoms with Crippen molar-refractivity contribution in [2.24, 2.45) is 0 Å². The van der Waals surface area contributed by atoms with Gasteiger partial charge in [-0.15, -0.1) is 0 Å². The van der Waals surface area contributed by atoms with E-state index >= 15 is 0 Å². The molecule has 1 N–H and O–H groups in total. The summed E-state index contributed by atoms with van der Waals surface area (Å²) in [5.41, 5.74) is 0.698. The highest BCUT2D eigenvalue weighted by molar-refractivity contribution is 6.03. The van der Waals surface area contributed by atoms with Crippen LogP contribution >= 0.6 is 0 Å². The van der Waals surface area contributed by atoms with Crippen LogP contribution in [0.25, 0.3) is 0 Å². The van der Waals surface area contributed by atoms with Crippen LogP contribution in [0.3, 0.4) is 0 Å². The molecule has 1 aliphatic rings. The number of halogens is 3. The van der Waals surface area contributed by atoms with Gasteiger partial charge in [-0.2, -0.15) is 13.2 Å². The Hall–Kier alpha value is -2.50. The van der Waals surface area contributed by atoms with E-state index in [4.69, 9.17) is 0 Å². The first-order valence-corrected chi connectivity index (χ1v) is 6.29. The lowest BCUT2D eigenvalue weighted by molar-refractivity contribution is -0.137. The van der Waals surface area contributed by atoms with Crippen molar-refractivity contribution in [1.29, 1.82) is 0 Å². The number of nitrogens with one attached hydrogen (secondary N) is 1. The minimum atomic E-state index is -4.44. The third-order valence-corrected chi connectivity index (χ3v) is 3.26. The van der Waals surface area contributed by atoms with Gasteiger partial charge in [-0.1, -0.05) is 18.2 Å². The zero-order chi connectivity index (χ0) is 15.0. The smallest absolute Gasteiger partial charge is 0.330 e. The van der Waals surface area contributed by atoms with Gasteiger partial charge in [0.25, 0.3) is 0 Å². The molecule has 0 aliphatic carbocycles. The number of carbonyl (C=O) groups excluding carboxylic acids is 1. The zero-order valence-corrected chi connectivity index (χ0v) is 10.8. The SMILES string of the molecule is O=C1CN(c2ccccc2)c2ccc(C(F)(F)F)cc2N1. The molecule has 0 saturated heterocycles. The van der Waals surface area contributed by atoms with Crippen molar-refractivity contribution in [1.82, 2.24) is 0 Å². The van der Waals surface area contributed by atoms with Gasteiger partial charge in [0.2, 0.25) is 5.91 Å². The van der Waals surface area contributed by atoms with Gasteiger partial charge in [-0.3, -0.25) is 4.79 Å². The van der Waals surface area contributed by atoms with Gasteiger partial charge in [-0.05, 0) is 30.3 Å². The molecule has 0 unspecified atom stereocenters. The fourth-order valence-corrected chi connectivity index (χ4v) is 2.30. The van der Waals surface area contributed by atoms with Crippen molar-refractivity contribution in [2.45, 2.75) is 6.18 Å². The number of anilines is 3. The summed E-state index contributed by atoms with van der Waals surface area (Å²) >= 11 is 0. The maximum absolute atomic E-state index is 12.7. The molecule has 3 rings (SSSR count). The van der Waals surface area contributed by atoms with Crippen molar-refractivity contribution >= 4 is 23.0 Å². The topological polar surface area (TPSA) is 32.3 Å². The fourth-order valence-electron chi connectivity index (χ4n) is 2.30. The monoisotopic (exact) mass is 292 g/mol. The van der Waals surface area contributed by atoms with Crippen molar-refractivity contribution in [2.75, 3.05) is 16.8 Å². The summed E-state index contributed by atoms with van der Waals surface area (Å²) in [5, 5.41) is 2.49. The molecule has 0 atom stereocenters. The average molecular weight is 292 g/mol. The van der Waals surface area contributed by atoms with Gasteiger partial charge in [0.1, 0.15) is 6.54 Å². The van der Waals surface area contributed by atoms with Gasteiger partial charge in [0.15, 0.2) is 0 Å². The molecule has 1 amide bonds. The Morgan fingerprint density at radius 3 is 2.43 bits per heavy atom. The first kappa shape index (κ1) is 13.5. The Balaban J connectivity index is 2.08. The molecule has 0 saturated carbocycles. The standard InChI is InChI=1S/C15H11F3N2O/c16-15(17,18)10-6-7-13-12(8-10)19-14(21)9-20(13)11-4-2-1-3-5-11/h1-8H,9H2,(H,19,21). The molecule has 1 aliphatic heterocycles. The van der Waals surface area contributed by atoms with Crippen LogP contribution in [0.5, 0.6) is 0 Å². The van der Waals surface area contributed by atoms with E-state index in [1.165, 1.54) is 6.07 Å². The second kappa shape index (κ2) is 4.80. The molecule has 0 spiro atoms. The molecule has 6 heteroatoms. The fraction of sp³-hybridized carbons (Fsp3) is 0.133. The van der Waals surface area contributed by atoms with Gasteiger partial charge in [0, 0.05) is 5.69 Å². The van der Waals surface area contributed by atoms with Crippen molar-refractivity contribution in [3.63, 3.8) is 0 Å². The predicted octanol–water partition coefficient (Wildman–Crippen LogP) is 3.80. The molecule has 2 aromatic rings. The van der Waals surface area contributed by atoms with Crippen LogP contribution in [0.1, 0.15) is 5.56 Å². The number of rotatable bonds is 1. The van der Waals surface area contributed by atoms with Crippen molar-refractivity contribution in [3.8, 4) is 0 Å². The maximum Gasteiger partial charge on any atom is 0.416 e. The molecule has 3 nitrogen and oxygen atoms in total. The van der Waals surface area contributed by atoms with E-state index in [1.54, 1.807) is 17.0 Å². The van der Waals surface area contributed by atoms with Gasteiger partial charge in [0.05, 0.1) is 16.9 Å². The van der Waals surface area contributed by atoms with Crippen LogP contribution in [0.15, 0.2) is 48.5 Å². The van der Waals surface area contributed by atoms with E-state index in [9.17, 15) is 18.0 Å². The number of nitrogens with zero attached hydrogens (tertiary/aromatic N) is 1. The largest absolute Gasteiger partial charge is 0.416 e. The Morgan fingerprint density at radius 2 is 1.76 bits per heavy atom. The summed E-state index contributed by atoms with van der Waals surface area (Å²) in [6.07, 6.45) is -4.44. The number of alkyl halides is 3. The molecule has 1 heterocycles. The van der Waals surface area contributed by atoms with Crippen LogP contribution in [-0.2, 0) is 11.0 Å². The number of para-hydroxylation sites is 1. The lowest BCUT2D eigenvalue weighted by Crippen LogP contribution is -2.35. The number of carbonyl (C=O) groups is 1. The maximum atomic E-state index is 12.7. The van der Waals surface area contributed by atoms with Crippen LogP contribution in [-0.4, -0.2) is 12.5 Å². The van der Waals surface area contributed by atoms with Crippen molar-refractivity contribution < 1.29 is 18.0 Å². The minimum Gasteiger partial charge on any atom is -0.330 e. The number of hydrogen-bond donors (Lipinski definition) is 1. The van der Waals surface area contributed by atoms with E-state index in [0.717, 1.165) is 17.8 Å². The molecule has 0 bridgehead atoms. The normalized spacial score (nSPS) is 14.6. The van der Waals surface area contributed by atoms with Gasteiger partial charge in [-0.25, -0.2) is 0 Å². The van der Waals surface area contributed by atoms with Crippen LogP contribution in [0.4, 0.5) is 30.2 Å². The average Bonchev–Trinajstić information content (AvgIpc) is 2.45. The van der Waals surface area contributed by atoms with Crippen LogP contribution in [0, 0.1) is 0 Å². The minimum absolute atomic E-state index is 0.0718. The molecule has 21 heavy (non-hydrogen) atoms. The second-order valence-electron chi connectivity index (χ2n) is 4.70. The third kappa shape index (κ3) is 2.56. The summed E-state index contributed by atoms with van der Waals surface area (Å²) in [5.74, 6) is -0.342. The summed E-state index contributed by atoms with van der Waals surface area (Å²) in [6, 6.07) is 12.4. The van der Waals surface area contributed by atoms with E-state index < -0.39 is 11.7 Å². The summed E-state index contributed by atoms with van der Waals surface area (Å²) < 4.78 is 38.2. The molecule has 0 radical (unpaired) electrons. The van der Waals surface area contributed by atoms with Gasteiger partial charge < -0.3 is 10.2 Å². The highest BCUT2D eigenvalue weighted by Gasteiger charge is 2.33. The van der Waals surface area contributed by atoms with Gasteiger partial charge >= 0.3 is 6.18 Å². The Kier molecular flexibility index (Phi) is 3.08. The lowest BCUT2D eigenvalue weighted by atomic mass is 10.1. The van der Waals surface area contributed by atoms with E-state index in [0.29, 0.717) is 5.69 Å². The number of hydrogen-bond acceptors (Lipinski definition) is 2. The van der Waals surface area contributed by atoms with Crippen LogP contribution in [0.2, 0.25) is 0 Å². The predicted molar refractivity (Wildman–Crippen MR) is 73.5 cm³/mol. The van der Waals surface area contributed by atoms with E-state index in [2.05, 4.69) is 5.32 Å². The second-order valence-corrected chi connectivity index (χ2v) is 4.70. The highest BCUT2D eigenvalue weighted by Crippen LogP contribution is 2.39. The van der Waals surface area contributed by atoms with E-state index in [-0.39, 0.29) is 18.1 Å². The number of amides is 1. The summed E-state index contributed by atoms with van der Waals surface area (Å²) in [7, 11) is 0. The molecule has 2 aromatic carbocycles. The molecule has 0 fully saturated rings. The Labute approximate surface area is 119 Å². The Morgan fingerprint density at radius 1 is 1.05 bits per heavy atom. The zero-order valence-electron chi connectivity index (χ0n) is 10.8. The molecule has 0 aromatic heterocycles. The summed E-state index contributed by atoms with van der Waals surface area (Å²) in [4.78, 5) is 13.4. The quantitative estimate of drug-likeness (QED) is 0.867. The molecular weight excluding hydrogens is 281 g/mol. The number of benzene rings is 2. The summed E-state index contributed by atoms with van der Waals surface area (Å²) in [6.45, 7) is 0.0718. The highest BCUT2D eigenvalue weighted by atomic mass is 19.4. The molecular formula is C15H11F3N2O.